The van der Waals surface area contributed by atoms with Crippen LogP contribution >= 0.6 is 0 Å². The molecular formula is C12H22N2O2. The molecule has 0 unspecified atom stereocenters. The maximum absolute atomic E-state index is 10.9. The van der Waals surface area contributed by atoms with E-state index in [1.54, 1.807) is 0 Å². The number of rotatable bonds is 5. The Balaban J connectivity index is 1.89. The molecule has 4 heteroatoms. The van der Waals surface area contributed by atoms with Crippen molar-refractivity contribution in [2.75, 3.05) is 26.7 Å². The van der Waals surface area contributed by atoms with Crippen molar-refractivity contribution in [3.63, 3.8) is 0 Å². The van der Waals surface area contributed by atoms with Gasteiger partial charge in [0, 0.05) is 19.6 Å². The molecule has 0 aromatic carbocycles. The van der Waals surface area contributed by atoms with E-state index in [1.165, 1.54) is 25.7 Å². The highest BCUT2D eigenvalue weighted by Crippen LogP contribution is 2.30. The van der Waals surface area contributed by atoms with Crippen LogP contribution in [0.4, 0.5) is 0 Å². The first-order valence-corrected chi connectivity index (χ1v) is 6.26. The average Bonchev–Trinajstić information content (AvgIpc) is 2.63. The van der Waals surface area contributed by atoms with Gasteiger partial charge in [0.2, 0.25) is 0 Å². The number of likely N-dealkylation sites (N-methyl/N-ethyl adjacent to an activating group) is 1. The molecule has 1 saturated carbocycles. The Kier molecular flexibility index (Phi) is 3.50. The quantitative estimate of drug-likeness (QED) is 0.732. The lowest BCUT2D eigenvalue weighted by Crippen LogP contribution is -2.69. The van der Waals surface area contributed by atoms with Crippen LogP contribution in [0.5, 0.6) is 0 Å². The lowest BCUT2D eigenvalue weighted by Gasteiger charge is -2.49. The van der Waals surface area contributed by atoms with Gasteiger partial charge in [-0.25, -0.2) is 0 Å². The Labute approximate surface area is 97.0 Å². The standard InChI is InChI=1S/C12H22N2O2/c1-14(7-10-4-2-3-5-10)12(6-11(15)16)8-13-9-12/h10,13H,2-9H2,1H3,(H,15,16). The molecule has 0 spiro atoms. The van der Waals surface area contributed by atoms with Crippen molar-refractivity contribution >= 4 is 5.97 Å². The lowest BCUT2D eigenvalue weighted by atomic mass is 9.86. The van der Waals surface area contributed by atoms with E-state index in [-0.39, 0.29) is 12.0 Å². The van der Waals surface area contributed by atoms with Crippen molar-refractivity contribution in [1.29, 1.82) is 0 Å². The van der Waals surface area contributed by atoms with Gasteiger partial charge in [0.05, 0.1) is 12.0 Å². The molecule has 0 radical (unpaired) electrons. The number of hydrogen-bond donors (Lipinski definition) is 2. The predicted molar refractivity (Wildman–Crippen MR) is 62.4 cm³/mol. The van der Waals surface area contributed by atoms with Crippen LogP contribution in [0.2, 0.25) is 0 Å². The van der Waals surface area contributed by atoms with Gasteiger partial charge in [0.15, 0.2) is 0 Å². The van der Waals surface area contributed by atoms with Crippen molar-refractivity contribution < 1.29 is 9.90 Å². The third kappa shape index (κ3) is 2.38. The molecule has 0 atom stereocenters. The highest BCUT2D eigenvalue weighted by molar-refractivity contribution is 5.68. The highest BCUT2D eigenvalue weighted by Gasteiger charge is 2.43. The molecule has 16 heavy (non-hydrogen) atoms. The molecule has 0 aromatic rings. The average molecular weight is 226 g/mol. The number of aliphatic carboxylic acids is 1. The second kappa shape index (κ2) is 4.72. The number of hydrogen-bond acceptors (Lipinski definition) is 3. The van der Waals surface area contributed by atoms with Gasteiger partial charge < -0.3 is 10.4 Å². The normalized spacial score (nSPS) is 24.6. The molecule has 1 aliphatic heterocycles. The molecule has 2 fully saturated rings. The molecule has 0 bridgehead atoms. The largest absolute Gasteiger partial charge is 0.481 e. The van der Waals surface area contributed by atoms with Crippen LogP contribution in [0.1, 0.15) is 32.1 Å². The zero-order valence-electron chi connectivity index (χ0n) is 10.0. The lowest BCUT2D eigenvalue weighted by molar-refractivity contribution is -0.141. The van der Waals surface area contributed by atoms with Gasteiger partial charge in [-0.1, -0.05) is 12.8 Å². The Morgan fingerprint density at radius 3 is 2.50 bits per heavy atom. The van der Waals surface area contributed by atoms with Crippen LogP contribution < -0.4 is 5.32 Å². The minimum absolute atomic E-state index is 0.117. The SMILES string of the molecule is CN(CC1CCCC1)C1(CC(=O)O)CNC1. The second-order valence-electron chi connectivity index (χ2n) is 5.43. The van der Waals surface area contributed by atoms with Crippen LogP contribution in [0.3, 0.4) is 0 Å². The Hall–Kier alpha value is -0.610. The predicted octanol–water partition coefficient (Wildman–Crippen LogP) is 0.925. The fourth-order valence-corrected chi connectivity index (χ4v) is 3.00. The fourth-order valence-electron chi connectivity index (χ4n) is 3.00. The summed E-state index contributed by atoms with van der Waals surface area (Å²) in [6.45, 7) is 2.71. The number of carbonyl (C=O) groups is 1. The molecular weight excluding hydrogens is 204 g/mol. The van der Waals surface area contributed by atoms with Gasteiger partial charge in [-0.3, -0.25) is 9.69 Å². The van der Waals surface area contributed by atoms with Gasteiger partial charge in [0.1, 0.15) is 0 Å². The number of nitrogens with one attached hydrogen (secondary N) is 1. The van der Waals surface area contributed by atoms with Crippen molar-refractivity contribution in [3.05, 3.63) is 0 Å². The van der Waals surface area contributed by atoms with E-state index in [9.17, 15) is 4.79 Å². The van der Waals surface area contributed by atoms with Crippen molar-refractivity contribution in [3.8, 4) is 0 Å². The summed E-state index contributed by atoms with van der Waals surface area (Å²) in [6, 6.07) is 0. The molecule has 0 amide bonds. The maximum atomic E-state index is 10.9. The van der Waals surface area contributed by atoms with Gasteiger partial charge in [0.25, 0.3) is 0 Å². The van der Waals surface area contributed by atoms with Crippen LogP contribution in [-0.2, 0) is 4.79 Å². The fraction of sp³-hybridized carbons (Fsp3) is 0.917. The summed E-state index contributed by atoms with van der Waals surface area (Å²) in [5, 5.41) is 12.2. The van der Waals surface area contributed by atoms with Crippen LogP contribution in [-0.4, -0.2) is 48.2 Å². The maximum Gasteiger partial charge on any atom is 0.305 e. The van der Waals surface area contributed by atoms with E-state index >= 15 is 0 Å². The van der Waals surface area contributed by atoms with Gasteiger partial charge in [-0.05, 0) is 25.8 Å². The first kappa shape index (κ1) is 11.9. The van der Waals surface area contributed by atoms with Gasteiger partial charge >= 0.3 is 5.97 Å². The van der Waals surface area contributed by atoms with Crippen molar-refractivity contribution in [1.82, 2.24) is 10.2 Å². The van der Waals surface area contributed by atoms with Gasteiger partial charge in [-0.15, -0.1) is 0 Å². The zero-order chi connectivity index (χ0) is 11.6. The molecule has 2 N–H and O–H groups in total. The first-order valence-electron chi connectivity index (χ1n) is 6.26. The number of carboxylic acid groups (broad SMARTS) is 1. The monoisotopic (exact) mass is 226 g/mol. The molecule has 4 nitrogen and oxygen atoms in total. The van der Waals surface area contributed by atoms with Crippen molar-refractivity contribution in [2.24, 2.45) is 5.92 Å². The molecule has 1 saturated heterocycles. The molecule has 2 rings (SSSR count). The third-order valence-electron chi connectivity index (χ3n) is 4.20. The van der Waals surface area contributed by atoms with E-state index in [0.29, 0.717) is 0 Å². The summed E-state index contributed by atoms with van der Waals surface area (Å²) >= 11 is 0. The third-order valence-corrected chi connectivity index (χ3v) is 4.20. The summed E-state index contributed by atoms with van der Waals surface area (Å²) in [7, 11) is 2.09. The molecule has 2 aliphatic rings. The Bertz CT molecular complexity index is 258. The van der Waals surface area contributed by atoms with Crippen molar-refractivity contribution in [2.45, 2.75) is 37.6 Å². The summed E-state index contributed by atoms with van der Waals surface area (Å²) < 4.78 is 0. The van der Waals surface area contributed by atoms with Gasteiger partial charge in [-0.2, -0.15) is 0 Å². The molecule has 0 aromatic heterocycles. The summed E-state index contributed by atoms with van der Waals surface area (Å²) in [4.78, 5) is 13.2. The van der Waals surface area contributed by atoms with E-state index in [4.69, 9.17) is 5.11 Å². The van der Waals surface area contributed by atoms with Crippen LogP contribution in [0, 0.1) is 5.92 Å². The Morgan fingerprint density at radius 2 is 2.06 bits per heavy atom. The molecule has 1 aliphatic carbocycles. The molecule has 92 valence electrons. The van der Waals surface area contributed by atoms with E-state index < -0.39 is 5.97 Å². The smallest absolute Gasteiger partial charge is 0.305 e. The minimum Gasteiger partial charge on any atom is -0.481 e. The summed E-state index contributed by atoms with van der Waals surface area (Å²) in [6.07, 6.45) is 5.61. The first-order chi connectivity index (χ1) is 7.62. The summed E-state index contributed by atoms with van der Waals surface area (Å²) in [5.74, 6) is 0.107. The topological polar surface area (TPSA) is 52.6 Å². The van der Waals surface area contributed by atoms with Crippen LogP contribution in [0.15, 0.2) is 0 Å². The minimum atomic E-state index is -0.681. The van der Waals surface area contributed by atoms with E-state index in [1.807, 2.05) is 0 Å². The highest BCUT2D eigenvalue weighted by atomic mass is 16.4. The van der Waals surface area contributed by atoms with E-state index in [0.717, 1.165) is 25.6 Å². The number of nitrogens with zero attached hydrogens (tertiary/aromatic N) is 1. The zero-order valence-corrected chi connectivity index (χ0v) is 10.0. The number of carboxylic acids is 1. The summed E-state index contributed by atoms with van der Waals surface area (Å²) in [5.41, 5.74) is -0.117. The van der Waals surface area contributed by atoms with Crippen LogP contribution in [0.25, 0.3) is 0 Å². The van der Waals surface area contributed by atoms with E-state index in [2.05, 4.69) is 17.3 Å². The molecule has 1 heterocycles. The second-order valence-corrected chi connectivity index (χ2v) is 5.43. The Morgan fingerprint density at radius 1 is 1.44 bits per heavy atom.